The van der Waals surface area contributed by atoms with Gasteiger partial charge in [0.15, 0.2) is 0 Å². The summed E-state index contributed by atoms with van der Waals surface area (Å²) in [6, 6.07) is 5.86. The number of hydrogen-bond acceptors (Lipinski definition) is 4. The molecule has 0 saturated heterocycles. The topological polar surface area (TPSA) is 55.4 Å². The zero-order chi connectivity index (χ0) is 18.2. The van der Waals surface area contributed by atoms with Crippen molar-refractivity contribution in [3.8, 4) is 11.1 Å². The molecule has 1 aromatic heterocycles. The first-order chi connectivity index (χ1) is 12.1. The van der Waals surface area contributed by atoms with Crippen molar-refractivity contribution < 1.29 is 18.7 Å². The van der Waals surface area contributed by atoms with Gasteiger partial charge in [-0.3, -0.25) is 4.79 Å². The lowest BCUT2D eigenvalue weighted by atomic mass is 10.0. The van der Waals surface area contributed by atoms with E-state index < -0.39 is 5.97 Å². The average molecular weight is 363 g/mol. The van der Waals surface area contributed by atoms with Crippen LogP contribution >= 0.6 is 11.3 Å². The van der Waals surface area contributed by atoms with Crippen LogP contribution in [-0.2, 0) is 9.53 Å². The number of thiophene rings is 1. The Kier molecular flexibility index (Phi) is 7.13. The van der Waals surface area contributed by atoms with Gasteiger partial charge in [0, 0.05) is 17.4 Å². The molecule has 6 heteroatoms. The van der Waals surface area contributed by atoms with Crippen molar-refractivity contribution in [1.29, 1.82) is 0 Å². The minimum atomic E-state index is -0.526. The molecule has 25 heavy (non-hydrogen) atoms. The predicted octanol–water partition coefficient (Wildman–Crippen LogP) is 5.25. The number of ether oxygens (including phenoxy) is 1. The number of esters is 1. The third-order valence-electron chi connectivity index (χ3n) is 3.85. The molecule has 0 unspecified atom stereocenters. The largest absolute Gasteiger partial charge is 0.465 e. The van der Waals surface area contributed by atoms with E-state index in [1.54, 1.807) is 17.5 Å². The van der Waals surface area contributed by atoms with Crippen LogP contribution in [-0.4, -0.2) is 19.0 Å². The first kappa shape index (κ1) is 19.1. The first-order valence-corrected chi connectivity index (χ1v) is 9.20. The summed E-state index contributed by atoms with van der Waals surface area (Å²) in [6.45, 7) is 2.12. The Hall–Kier alpha value is -2.21. The van der Waals surface area contributed by atoms with Crippen molar-refractivity contribution in [3.05, 3.63) is 41.0 Å². The third-order valence-corrected chi connectivity index (χ3v) is 4.74. The van der Waals surface area contributed by atoms with Crippen molar-refractivity contribution in [3.63, 3.8) is 0 Å². The number of carbonyl (C=O) groups is 2. The second-order valence-electron chi connectivity index (χ2n) is 5.71. The van der Waals surface area contributed by atoms with Crippen LogP contribution in [0.25, 0.3) is 11.1 Å². The minimum absolute atomic E-state index is 0.117. The first-order valence-electron chi connectivity index (χ1n) is 8.32. The summed E-state index contributed by atoms with van der Waals surface area (Å²) in [7, 11) is 1.30. The summed E-state index contributed by atoms with van der Waals surface area (Å²) in [5, 5.41) is 5.04. The highest BCUT2D eigenvalue weighted by atomic mass is 32.1. The highest BCUT2D eigenvalue weighted by Gasteiger charge is 2.22. The van der Waals surface area contributed by atoms with Gasteiger partial charge >= 0.3 is 5.97 Å². The SMILES string of the molecule is CCCCCCC(=O)Nc1scc(-c2ccc(F)cc2)c1C(=O)OC. The molecule has 1 heterocycles. The maximum atomic E-state index is 13.1. The number of rotatable bonds is 8. The predicted molar refractivity (Wildman–Crippen MR) is 98.4 cm³/mol. The van der Waals surface area contributed by atoms with Crippen LogP contribution in [0.5, 0.6) is 0 Å². The van der Waals surface area contributed by atoms with Crippen molar-refractivity contribution in [1.82, 2.24) is 0 Å². The Morgan fingerprint density at radius 1 is 1.16 bits per heavy atom. The summed E-state index contributed by atoms with van der Waals surface area (Å²) in [4.78, 5) is 24.3. The van der Waals surface area contributed by atoms with Crippen LogP contribution in [0.4, 0.5) is 9.39 Å². The molecule has 0 aliphatic heterocycles. The molecule has 1 amide bonds. The van der Waals surface area contributed by atoms with Gasteiger partial charge in [0.25, 0.3) is 0 Å². The number of benzene rings is 1. The van der Waals surface area contributed by atoms with E-state index in [2.05, 4.69) is 12.2 Å². The molecule has 0 fully saturated rings. The number of nitrogens with one attached hydrogen (secondary N) is 1. The number of anilines is 1. The number of carbonyl (C=O) groups excluding carboxylic acids is 2. The smallest absolute Gasteiger partial charge is 0.341 e. The number of amides is 1. The monoisotopic (exact) mass is 363 g/mol. The summed E-state index contributed by atoms with van der Waals surface area (Å²) in [6.07, 6.45) is 4.47. The molecule has 1 N–H and O–H groups in total. The molecule has 0 aliphatic carbocycles. The van der Waals surface area contributed by atoms with Gasteiger partial charge in [-0.2, -0.15) is 0 Å². The summed E-state index contributed by atoms with van der Waals surface area (Å²) >= 11 is 1.26. The summed E-state index contributed by atoms with van der Waals surface area (Å²) < 4.78 is 18.0. The van der Waals surface area contributed by atoms with Gasteiger partial charge in [-0.15, -0.1) is 11.3 Å². The van der Waals surface area contributed by atoms with E-state index >= 15 is 0 Å². The minimum Gasteiger partial charge on any atom is -0.465 e. The van der Waals surface area contributed by atoms with Crippen LogP contribution in [0.1, 0.15) is 49.4 Å². The van der Waals surface area contributed by atoms with Gasteiger partial charge in [0.2, 0.25) is 5.91 Å². The molecule has 0 bridgehead atoms. The Bertz CT molecular complexity index is 725. The molecule has 0 saturated carbocycles. The molecule has 0 aliphatic rings. The van der Waals surface area contributed by atoms with E-state index in [0.717, 1.165) is 25.7 Å². The van der Waals surface area contributed by atoms with E-state index in [1.165, 1.54) is 30.6 Å². The quantitative estimate of drug-likeness (QED) is 0.515. The Morgan fingerprint density at radius 3 is 2.52 bits per heavy atom. The Balaban J connectivity index is 2.19. The molecule has 134 valence electrons. The van der Waals surface area contributed by atoms with Gasteiger partial charge in [0.1, 0.15) is 16.4 Å². The van der Waals surface area contributed by atoms with E-state index in [9.17, 15) is 14.0 Å². The summed E-state index contributed by atoms with van der Waals surface area (Å²) in [5.74, 6) is -0.991. The van der Waals surface area contributed by atoms with E-state index in [1.807, 2.05) is 0 Å². The van der Waals surface area contributed by atoms with Crippen molar-refractivity contribution in [2.75, 3.05) is 12.4 Å². The van der Waals surface area contributed by atoms with Crippen LogP contribution in [0.2, 0.25) is 0 Å². The number of hydrogen-bond donors (Lipinski definition) is 1. The molecule has 0 spiro atoms. The van der Waals surface area contributed by atoms with Crippen LogP contribution < -0.4 is 5.32 Å². The molecule has 2 rings (SSSR count). The van der Waals surface area contributed by atoms with Crippen LogP contribution in [0, 0.1) is 5.82 Å². The fraction of sp³-hybridized carbons (Fsp3) is 0.368. The van der Waals surface area contributed by atoms with Crippen molar-refractivity contribution in [2.24, 2.45) is 0 Å². The van der Waals surface area contributed by atoms with Gasteiger partial charge in [-0.25, -0.2) is 9.18 Å². The Labute approximate surface area is 151 Å². The fourth-order valence-corrected chi connectivity index (χ4v) is 3.47. The standard InChI is InChI=1S/C19H22FNO3S/c1-3-4-5-6-7-16(22)21-18-17(19(23)24-2)15(12-25-18)13-8-10-14(20)11-9-13/h8-12H,3-7H2,1-2H3,(H,21,22). The van der Waals surface area contributed by atoms with E-state index in [4.69, 9.17) is 4.74 Å². The fourth-order valence-electron chi connectivity index (χ4n) is 2.50. The zero-order valence-electron chi connectivity index (χ0n) is 14.4. The molecule has 4 nitrogen and oxygen atoms in total. The van der Waals surface area contributed by atoms with Crippen molar-refractivity contribution in [2.45, 2.75) is 39.0 Å². The average Bonchev–Trinajstić information content (AvgIpc) is 3.02. The molecular formula is C19H22FNO3S. The molecular weight excluding hydrogens is 341 g/mol. The van der Waals surface area contributed by atoms with Gasteiger partial charge in [-0.05, 0) is 24.1 Å². The van der Waals surface area contributed by atoms with Gasteiger partial charge in [0.05, 0.1) is 7.11 Å². The molecule has 2 aromatic rings. The maximum absolute atomic E-state index is 13.1. The lowest BCUT2D eigenvalue weighted by Crippen LogP contribution is -2.13. The van der Waals surface area contributed by atoms with Crippen molar-refractivity contribution >= 4 is 28.2 Å². The number of unbranched alkanes of at least 4 members (excludes halogenated alkanes) is 3. The number of methoxy groups -OCH3 is 1. The Morgan fingerprint density at radius 2 is 1.88 bits per heavy atom. The normalized spacial score (nSPS) is 10.5. The van der Waals surface area contributed by atoms with Gasteiger partial charge < -0.3 is 10.1 Å². The molecule has 0 radical (unpaired) electrons. The zero-order valence-corrected chi connectivity index (χ0v) is 15.2. The second kappa shape index (κ2) is 9.32. The highest BCUT2D eigenvalue weighted by molar-refractivity contribution is 7.15. The van der Waals surface area contributed by atoms with Gasteiger partial charge in [-0.1, -0.05) is 38.3 Å². The van der Waals surface area contributed by atoms with Crippen LogP contribution in [0.15, 0.2) is 29.6 Å². The van der Waals surface area contributed by atoms with Crippen LogP contribution in [0.3, 0.4) is 0 Å². The second-order valence-corrected chi connectivity index (χ2v) is 6.59. The maximum Gasteiger partial charge on any atom is 0.341 e. The van der Waals surface area contributed by atoms with E-state index in [-0.39, 0.29) is 11.7 Å². The third kappa shape index (κ3) is 5.13. The molecule has 1 aromatic carbocycles. The van der Waals surface area contributed by atoms with E-state index in [0.29, 0.717) is 28.1 Å². The number of halogens is 1. The summed E-state index contributed by atoms with van der Waals surface area (Å²) in [5.41, 5.74) is 1.63. The molecule has 0 atom stereocenters. The lowest BCUT2D eigenvalue weighted by molar-refractivity contribution is -0.116. The lowest BCUT2D eigenvalue weighted by Gasteiger charge is -2.08. The highest BCUT2D eigenvalue weighted by Crippen LogP contribution is 2.36.